The van der Waals surface area contributed by atoms with Crippen LogP contribution < -0.4 is 0 Å². The lowest BCUT2D eigenvalue weighted by Crippen LogP contribution is -2.40. The zero-order valence-electron chi connectivity index (χ0n) is 9.05. The van der Waals surface area contributed by atoms with Crippen LogP contribution >= 0.6 is 0 Å². The van der Waals surface area contributed by atoms with Gasteiger partial charge in [-0.05, 0) is 19.8 Å². The first-order valence-electron chi connectivity index (χ1n) is 5.40. The topological polar surface area (TPSA) is 79.2 Å². The van der Waals surface area contributed by atoms with Crippen LogP contribution in [0.25, 0.3) is 0 Å². The largest absolute Gasteiger partial charge is 0.477 e. The number of oxime groups is 1. The number of aliphatic carboxylic acids is 1. The maximum Gasteiger partial charge on any atom is 0.353 e. The van der Waals surface area contributed by atoms with E-state index in [1.54, 1.807) is 4.90 Å². The molecule has 6 heteroatoms. The zero-order chi connectivity index (χ0) is 11.7. The van der Waals surface area contributed by atoms with Crippen LogP contribution in [0.4, 0.5) is 0 Å². The van der Waals surface area contributed by atoms with Crippen LogP contribution in [-0.2, 0) is 14.4 Å². The van der Waals surface area contributed by atoms with Gasteiger partial charge in [0.15, 0.2) is 5.71 Å². The van der Waals surface area contributed by atoms with Gasteiger partial charge in [-0.2, -0.15) is 0 Å². The second-order valence-corrected chi connectivity index (χ2v) is 4.00. The normalized spacial score (nSPS) is 23.6. The van der Waals surface area contributed by atoms with Crippen LogP contribution in [0.1, 0.15) is 26.2 Å². The van der Waals surface area contributed by atoms with E-state index >= 15 is 0 Å². The molecule has 16 heavy (non-hydrogen) atoms. The van der Waals surface area contributed by atoms with Gasteiger partial charge in [-0.15, -0.1) is 0 Å². The summed E-state index contributed by atoms with van der Waals surface area (Å²) in [5.41, 5.74) is -0.0785. The SMILES string of the molecule is CCN(C(=O)C1CC(C(=O)O)=NO1)C1CC1. The fraction of sp³-hybridized carbons (Fsp3) is 0.700. The van der Waals surface area contributed by atoms with Crippen molar-refractivity contribution in [2.24, 2.45) is 5.16 Å². The van der Waals surface area contributed by atoms with Gasteiger partial charge in [0.25, 0.3) is 5.91 Å². The van der Waals surface area contributed by atoms with Gasteiger partial charge in [0, 0.05) is 19.0 Å². The average Bonchev–Trinajstić information content (AvgIpc) is 2.96. The number of amides is 1. The smallest absolute Gasteiger partial charge is 0.353 e. The van der Waals surface area contributed by atoms with Gasteiger partial charge in [-0.1, -0.05) is 5.16 Å². The lowest BCUT2D eigenvalue weighted by Gasteiger charge is -2.22. The number of carboxylic acids is 1. The third-order valence-corrected chi connectivity index (χ3v) is 2.80. The van der Waals surface area contributed by atoms with Gasteiger partial charge in [0.1, 0.15) is 0 Å². The van der Waals surface area contributed by atoms with Crippen molar-refractivity contribution >= 4 is 17.6 Å². The molecule has 1 atom stereocenters. The van der Waals surface area contributed by atoms with Crippen LogP contribution in [0.5, 0.6) is 0 Å². The molecule has 1 amide bonds. The van der Waals surface area contributed by atoms with Crippen LogP contribution in [0, 0.1) is 0 Å². The Bertz CT molecular complexity index is 349. The summed E-state index contributed by atoms with van der Waals surface area (Å²) < 4.78 is 0. The number of carbonyl (C=O) groups is 2. The Labute approximate surface area is 92.9 Å². The lowest BCUT2D eigenvalue weighted by atomic mass is 10.1. The predicted octanol–water partition coefficient (Wildman–Crippen LogP) is 0.227. The molecular weight excluding hydrogens is 212 g/mol. The van der Waals surface area contributed by atoms with Gasteiger partial charge in [0.2, 0.25) is 6.10 Å². The van der Waals surface area contributed by atoms with Crippen molar-refractivity contribution in [3.8, 4) is 0 Å². The van der Waals surface area contributed by atoms with E-state index in [2.05, 4.69) is 5.16 Å². The molecule has 1 unspecified atom stereocenters. The molecule has 6 nitrogen and oxygen atoms in total. The highest BCUT2D eigenvalue weighted by atomic mass is 16.6. The predicted molar refractivity (Wildman–Crippen MR) is 55.0 cm³/mol. The minimum Gasteiger partial charge on any atom is -0.477 e. The molecule has 1 aliphatic carbocycles. The molecule has 1 N–H and O–H groups in total. The summed E-state index contributed by atoms with van der Waals surface area (Å²) >= 11 is 0. The van der Waals surface area contributed by atoms with Crippen molar-refractivity contribution in [3.05, 3.63) is 0 Å². The number of carbonyl (C=O) groups excluding carboxylic acids is 1. The van der Waals surface area contributed by atoms with Crippen molar-refractivity contribution in [2.75, 3.05) is 6.54 Å². The van der Waals surface area contributed by atoms with E-state index in [1.807, 2.05) is 6.92 Å². The summed E-state index contributed by atoms with van der Waals surface area (Å²) in [6.07, 6.45) is 1.38. The first-order chi connectivity index (χ1) is 7.63. The minimum atomic E-state index is -1.12. The Morgan fingerprint density at radius 2 is 2.25 bits per heavy atom. The van der Waals surface area contributed by atoms with Gasteiger partial charge in [-0.3, -0.25) is 4.79 Å². The number of hydrogen-bond acceptors (Lipinski definition) is 4. The van der Waals surface area contributed by atoms with Gasteiger partial charge < -0.3 is 14.8 Å². The maximum atomic E-state index is 12.0. The first kappa shape index (κ1) is 10.9. The molecule has 0 aromatic rings. The summed E-state index contributed by atoms with van der Waals surface area (Å²) in [6.45, 7) is 2.54. The highest BCUT2D eigenvalue weighted by Crippen LogP contribution is 2.28. The van der Waals surface area contributed by atoms with Gasteiger partial charge in [0.05, 0.1) is 0 Å². The average molecular weight is 226 g/mol. The third-order valence-electron chi connectivity index (χ3n) is 2.80. The van der Waals surface area contributed by atoms with E-state index in [0.717, 1.165) is 12.8 Å². The second kappa shape index (κ2) is 4.11. The molecule has 2 rings (SSSR count). The highest BCUT2D eigenvalue weighted by Gasteiger charge is 2.39. The van der Waals surface area contributed by atoms with E-state index in [9.17, 15) is 9.59 Å². The Morgan fingerprint density at radius 3 is 2.69 bits per heavy atom. The molecule has 0 bridgehead atoms. The Kier molecular flexibility index (Phi) is 2.80. The van der Waals surface area contributed by atoms with Crippen LogP contribution in [0.15, 0.2) is 5.16 Å². The van der Waals surface area contributed by atoms with Crippen molar-refractivity contribution in [2.45, 2.75) is 38.3 Å². The maximum absolute atomic E-state index is 12.0. The highest BCUT2D eigenvalue weighted by molar-refractivity contribution is 6.36. The van der Waals surface area contributed by atoms with Crippen LogP contribution in [0.2, 0.25) is 0 Å². The minimum absolute atomic E-state index is 0.0669. The van der Waals surface area contributed by atoms with Crippen molar-refractivity contribution in [1.82, 2.24) is 4.90 Å². The van der Waals surface area contributed by atoms with Gasteiger partial charge >= 0.3 is 5.97 Å². The van der Waals surface area contributed by atoms with E-state index in [-0.39, 0.29) is 18.0 Å². The second-order valence-electron chi connectivity index (χ2n) is 4.00. The fourth-order valence-electron chi connectivity index (χ4n) is 1.80. The summed E-state index contributed by atoms with van der Waals surface area (Å²) in [5, 5.41) is 12.1. The summed E-state index contributed by atoms with van der Waals surface area (Å²) in [7, 11) is 0. The quantitative estimate of drug-likeness (QED) is 0.744. The molecule has 0 saturated heterocycles. The lowest BCUT2D eigenvalue weighted by molar-refractivity contribution is -0.142. The molecular formula is C10H14N2O4. The van der Waals surface area contributed by atoms with E-state index in [1.165, 1.54) is 0 Å². The molecule has 0 aromatic carbocycles. The summed E-state index contributed by atoms with van der Waals surface area (Å²) in [5.74, 6) is -1.27. The molecule has 1 saturated carbocycles. The molecule has 0 radical (unpaired) electrons. The Morgan fingerprint density at radius 1 is 1.56 bits per heavy atom. The van der Waals surface area contributed by atoms with E-state index in [4.69, 9.17) is 9.94 Å². The zero-order valence-corrected chi connectivity index (χ0v) is 9.05. The van der Waals surface area contributed by atoms with Crippen molar-refractivity contribution in [3.63, 3.8) is 0 Å². The first-order valence-corrected chi connectivity index (χ1v) is 5.40. The van der Waals surface area contributed by atoms with Gasteiger partial charge in [-0.25, -0.2) is 4.79 Å². The number of nitrogens with zero attached hydrogens (tertiary/aromatic N) is 2. The van der Waals surface area contributed by atoms with Crippen LogP contribution in [-0.4, -0.2) is 46.3 Å². The molecule has 1 fully saturated rings. The standard InChI is InChI=1S/C10H14N2O4/c1-2-12(6-3-4-6)9(13)8-5-7(10(14)15)11-16-8/h6,8H,2-5H2,1H3,(H,14,15). The number of rotatable bonds is 4. The monoisotopic (exact) mass is 226 g/mol. The molecule has 88 valence electrons. The summed E-state index contributed by atoms with van der Waals surface area (Å²) in [4.78, 5) is 29.2. The van der Waals surface area contributed by atoms with Crippen molar-refractivity contribution in [1.29, 1.82) is 0 Å². The van der Waals surface area contributed by atoms with Crippen molar-refractivity contribution < 1.29 is 19.5 Å². The van der Waals surface area contributed by atoms with Crippen LogP contribution in [0.3, 0.4) is 0 Å². The third kappa shape index (κ3) is 2.00. The molecule has 0 spiro atoms. The molecule has 1 aliphatic heterocycles. The van der Waals surface area contributed by atoms with E-state index in [0.29, 0.717) is 12.6 Å². The fourth-order valence-corrected chi connectivity index (χ4v) is 1.80. The summed E-state index contributed by atoms with van der Waals surface area (Å²) in [6, 6.07) is 0.315. The van der Waals surface area contributed by atoms with E-state index < -0.39 is 12.1 Å². The molecule has 0 aromatic heterocycles. The Hall–Kier alpha value is -1.59. The molecule has 1 heterocycles. The number of carboxylic acid groups (broad SMARTS) is 1. The number of likely N-dealkylation sites (N-methyl/N-ethyl adjacent to an activating group) is 1. The number of hydrogen-bond donors (Lipinski definition) is 1. The Balaban J connectivity index is 1.94. The molecule has 2 aliphatic rings.